The molecular weight excluding hydrogens is 447 g/mol. The number of ether oxygens (including phenoxy) is 2. The number of anilines is 2. The van der Waals surface area contributed by atoms with Gasteiger partial charge in [-0.15, -0.1) is 0 Å². The molecule has 1 aliphatic rings. The first-order valence-electron chi connectivity index (χ1n) is 10.2. The molecule has 1 amide bonds. The molecule has 0 unspecified atom stereocenters. The Kier molecular flexibility index (Phi) is 5.99. The van der Waals surface area contributed by atoms with Gasteiger partial charge in [0.1, 0.15) is 17.3 Å². The van der Waals surface area contributed by atoms with Crippen molar-refractivity contribution in [3.05, 3.63) is 77.6 Å². The van der Waals surface area contributed by atoms with E-state index in [0.29, 0.717) is 34.9 Å². The van der Waals surface area contributed by atoms with Crippen LogP contribution in [0.15, 0.2) is 65.6 Å². The number of carbonyl (C=O) groups excluding carboxylic acids is 1. The van der Waals surface area contributed by atoms with E-state index in [1.165, 1.54) is 30.7 Å². The predicted molar refractivity (Wildman–Crippen MR) is 123 cm³/mol. The first kappa shape index (κ1) is 22.6. The second kappa shape index (κ2) is 8.74. The van der Waals surface area contributed by atoms with Gasteiger partial charge in [-0.3, -0.25) is 9.10 Å². The lowest BCUT2D eigenvalue weighted by Gasteiger charge is -2.24. The topological polar surface area (TPSA) is 84.9 Å². The molecule has 0 aliphatic carbocycles. The number of rotatable bonds is 6. The van der Waals surface area contributed by atoms with Crippen molar-refractivity contribution in [3.63, 3.8) is 0 Å². The Morgan fingerprint density at radius 1 is 1.03 bits per heavy atom. The largest absolute Gasteiger partial charge is 0.497 e. The molecule has 1 atom stereocenters. The lowest BCUT2D eigenvalue weighted by atomic mass is 10.1. The molecule has 4 rings (SSSR count). The normalized spacial score (nSPS) is 15.2. The van der Waals surface area contributed by atoms with Crippen LogP contribution in [-0.4, -0.2) is 34.6 Å². The highest BCUT2D eigenvalue weighted by molar-refractivity contribution is 7.92. The summed E-state index contributed by atoms with van der Waals surface area (Å²) in [5.41, 5.74) is 2.12. The van der Waals surface area contributed by atoms with Gasteiger partial charge in [0, 0.05) is 17.7 Å². The fourth-order valence-electron chi connectivity index (χ4n) is 3.93. The van der Waals surface area contributed by atoms with E-state index >= 15 is 0 Å². The van der Waals surface area contributed by atoms with Crippen LogP contribution >= 0.6 is 0 Å². The molecule has 0 radical (unpaired) electrons. The summed E-state index contributed by atoms with van der Waals surface area (Å²) < 4.78 is 51.5. The van der Waals surface area contributed by atoms with Crippen molar-refractivity contribution < 1.29 is 27.1 Å². The molecule has 1 heterocycles. The fraction of sp³-hybridized carbons (Fsp3) is 0.208. The first-order chi connectivity index (χ1) is 15.7. The highest BCUT2D eigenvalue weighted by atomic mass is 32.2. The molecule has 0 bridgehead atoms. The minimum atomic E-state index is -3.88. The van der Waals surface area contributed by atoms with E-state index in [2.05, 4.69) is 5.32 Å². The molecule has 0 spiro atoms. The summed E-state index contributed by atoms with van der Waals surface area (Å²) in [7, 11) is -0.840. The number of nitrogens with one attached hydrogen (secondary N) is 1. The molecule has 1 aliphatic heterocycles. The Bertz CT molecular complexity index is 1310. The van der Waals surface area contributed by atoms with Crippen molar-refractivity contribution in [2.45, 2.75) is 24.3 Å². The number of amides is 1. The number of methoxy groups -OCH3 is 2. The first-order valence-corrected chi connectivity index (χ1v) is 11.6. The molecular formula is C24H23FN2O5S. The monoisotopic (exact) mass is 470 g/mol. The average Bonchev–Trinajstić information content (AvgIpc) is 3.15. The zero-order valence-corrected chi connectivity index (χ0v) is 19.1. The third-order valence-corrected chi connectivity index (χ3v) is 7.46. The van der Waals surface area contributed by atoms with Crippen molar-refractivity contribution in [1.82, 2.24) is 0 Å². The van der Waals surface area contributed by atoms with Gasteiger partial charge in [0.25, 0.3) is 15.9 Å². The second-order valence-electron chi connectivity index (χ2n) is 7.67. The van der Waals surface area contributed by atoms with Crippen LogP contribution in [0.4, 0.5) is 15.8 Å². The lowest BCUT2D eigenvalue weighted by Crippen LogP contribution is -2.35. The number of hydrogen-bond acceptors (Lipinski definition) is 5. The third kappa shape index (κ3) is 4.23. The van der Waals surface area contributed by atoms with Crippen molar-refractivity contribution >= 4 is 27.3 Å². The van der Waals surface area contributed by atoms with E-state index in [-0.39, 0.29) is 16.8 Å². The van der Waals surface area contributed by atoms with E-state index in [1.807, 2.05) is 0 Å². The Morgan fingerprint density at radius 3 is 2.42 bits per heavy atom. The highest BCUT2D eigenvalue weighted by Gasteiger charge is 2.36. The molecule has 0 saturated carbocycles. The van der Waals surface area contributed by atoms with Gasteiger partial charge in [-0.25, -0.2) is 12.8 Å². The van der Waals surface area contributed by atoms with E-state index in [4.69, 9.17) is 9.47 Å². The summed E-state index contributed by atoms with van der Waals surface area (Å²) in [5, 5.41) is 2.82. The predicted octanol–water partition coefficient (Wildman–Crippen LogP) is 4.24. The molecule has 0 fully saturated rings. The van der Waals surface area contributed by atoms with Crippen molar-refractivity contribution in [2.24, 2.45) is 0 Å². The van der Waals surface area contributed by atoms with E-state index in [0.717, 1.165) is 17.7 Å². The minimum absolute atomic E-state index is 0.0111. The number of carbonyl (C=O) groups is 1. The van der Waals surface area contributed by atoms with Gasteiger partial charge in [0.2, 0.25) is 0 Å². The summed E-state index contributed by atoms with van der Waals surface area (Å²) in [6.45, 7) is 1.79. The van der Waals surface area contributed by atoms with Gasteiger partial charge in [-0.05, 0) is 73.5 Å². The van der Waals surface area contributed by atoms with Crippen molar-refractivity contribution in [2.75, 3.05) is 23.8 Å². The van der Waals surface area contributed by atoms with Crippen LogP contribution in [-0.2, 0) is 16.4 Å². The van der Waals surface area contributed by atoms with Gasteiger partial charge >= 0.3 is 0 Å². The van der Waals surface area contributed by atoms with E-state index in [9.17, 15) is 17.6 Å². The standard InChI is InChI=1S/C24H23FN2O5S/c1-15-12-17-13-16(24(28)26-21-10-7-19(31-2)14-23(21)32-3)4-11-22(17)27(15)33(29,30)20-8-5-18(25)6-9-20/h4-11,13-15H,12H2,1-3H3,(H,26,28)/t15-/m1/s1. The Hall–Kier alpha value is -3.59. The second-order valence-corrected chi connectivity index (χ2v) is 9.49. The molecule has 1 N–H and O–H groups in total. The molecule has 0 saturated heterocycles. The Balaban J connectivity index is 1.61. The SMILES string of the molecule is COc1ccc(NC(=O)c2ccc3c(c2)C[C@@H](C)N3S(=O)(=O)c2ccc(F)cc2)c(OC)c1. The van der Waals surface area contributed by atoms with Gasteiger partial charge in [0.05, 0.1) is 30.5 Å². The fourth-order valence-corrected chi connectivity index (χ4v) is 5.62. The number of benzene rings is 3. The lowest BCUT2D eigenvalue weighted by molar-refractivity contribution is 0.102. The zero-order valence-electron chi connectivity index (χ0n) is 18.3. The quantitative estimate of drug-likeness (QED) is 0.583. The summed E-state index contributed by atoms with van der Waals surface area (Å²) in [5.74, 6) is 0.189. The van der Waals surface area contributed by atoms with Crippen LogP contribution in [0.2, 0.25) is 0 Å². The Labute approximate surface area is 191 Å². The molecule has 9 heteroatoms. The van der Waals surface area contributed by atoms with E-state index in [1.54, 1.807) is 43.3 Å². The van der Waals surface area contributed by atoms with Gasteiger partial charge in [-0.2, -0.15) is 0 Å². The van der Waals surface area contributed by atoms with E-state index < -0.39 is 15.8 Å². The van der Waals surface area contributed by atoms with Crippen LogP contribution in [0.3, 0.4) is 0 Å². The highest BCUT2D eigenvalue weighted by Crippen LogP contribution is 2.37. The number of hydrogen-bond donors (Lipinski definition) is 1. The van der Waals surface area contributed by atoms with Crippen molar-refractivity contribution in [3.8, 4) is 11.5 Å². The number of halogens is 1. The molecule has 3 aromatic rings. The zero-order chi connectivity index (χ0) is 23.8. The van der Waals surface area contributed by atoms with Crippen LogP contribution in [0.25, 0.3) is 0 Å². The van der Waals surface area contributed by atoms with Crippen LogP contribution in [0.5, 0.6) is 11.5 Å². The molecule has 3 aromatic carbocycles. The molecule has 7 nitrogen and oxygen atoms in total. The van der Waals surface area contributed by atoms with Gasteiger partial charge in [0.15, 0.2) is 0 Å². The van der Waals surface area contributed by atoms with Gasteiger partial charge in [-0.1, -0.05) is 0 Å². The number of nitrogens with zero attached hydrogens (tertiary/aromatic N) is 1. The molecule has 172 valence electrons. The average molecular weight is 471 g/mol. The summed E-state index contributed by atoms with van der Waals surface area (Å²) in [6.07, 6.45) is 0.447. The van der Waals surface area contributed by atoms with Crippen LogP contribution < -0.4 is 19.1 Å². The van der Waals surface area contributed by atoms with Crippen LogP contribution in [0, 0.1) is 5.82 Å². The summed E-state index contributed by atoms with van der Waals surface area (Å²) >= 11 is 0. The smallest absolute Gasteiger partial charge is 0.264 e. The Morgan fingerprint density at radius 2 is 1.76 bits per heavy atom. The maximum absolute atomic E-state index is 13.3. The maximum Gasteiger partial charge on any atom is 0.264 e. The summed E-state index contributed by atoms with van der Waals surface area (Å²) in [4.78, 5) is 12.9. The minimum Gasteiger partial charge on any atom is -0.497 e. The van der Waals surface area contributed by atoms with Gasteiger partial charge < -0.3 is 14.8 Å². The number of sulfonamides is 1. The molecule has 33 heavy (non-hydrogen) atoms. The maximum atomic E-state index is 13.3. The third-order valence-electron chi connectivity index (χ3n) is 5.52. The van der Waals surface area contributed by atoms with Crippen molar-refractivity contribution in [1.29, 1.82) is 0 Å². The number of fused-ring (bicyclic) bond motifs is 1. The van der Waals surface area contributed by atoms with Crippen LogP contribution in [0.1, 0.15) is 22.8 Å². The molecule has 0 aromatic heterocycles. The summed E-state index contributed by atoms with van der Waals surface area (Å²) in [6, 6.07) is 14.3.